The molecule has 0 aliphatic rings. The van der Waals surface area contributed by atoms with E-state index in [9.17, 15) is 4.39 Å². The molecule has 0 spiro atoms. The molecule has 0 radical (unpaired) electrons. The minimum Gasteiger partial charge on any atom is -0.396 e. The molecule has 1 aromatic rings. The zero-order valence-corrected chi connectivity index (χ0v) is 8.38. The second-order valence-electron chi connectivity index (χ2n) is 3.44. The van der Waals surface area contributed by atoms with Crippen molar-refractivity contribution in [3.63, 3.8) is 0 Å². The Morgan fingerprint density at radius 3 is 1.86 bits per heavy atom. The van der Waals surface area contributed by atoms with Gasteiger partial charge < -0.3 is 5.11 Å². The first-order chi connectivity index (χ1) is 6.86. The van der Waals surface area contributed by atoms with E-state index in [4.69, 9.17) is 5.11 Å². The Kier molecular flexibility index (Phi) is 5.23. The first-order valence-corrected chi connectivity index (χ1v) is 5.11. The summed E-state index contributed by atoms with van der Waals surface area (Å²) in [4.78, 5) is 0. The zero-order valence-electron chi connectivity index (χ0n) is 8.38. The average Bonchev–Trinajstić information content (AvgIpc) is 2.25. The molecule has 0 atom stereocenters. The van der Waals surface area contributed by atoms with Gasteiger partial charge in [-0.3, -0.25) is 4.39 Å². The summed E-state index contributed by atoms with van der Waals surface area (Å²) in [5.74, 6) is 0. The highest BCUT2D eigenvalue weighted by atomic mass is 19.1. The molecule has 1 aromatic carbocycles. The van der Waals surface area contributed by atoms with Gasteiger partial charge in [-0.05, 0) is 36.8 Å². The molecule has 0 aromatic heterocycles. The fraction of sp³-hybridized carbons (Fsp3) is 0.500. The van der Waals surface area contributed by atoms with Gasteiger partial charge in [-0.25, -0.2) is 0 Å². The zero-order chi connectivity index (χ0) is 10.2. The normalized spacial score (nSPS) is 10.4. The number of aliphatic hydroxyl groups is 1. The molecule has 1 nitrogen and oxygen atoms in total. The third kappa shape index (κ3) is 3.88. The van der Waals surface area contributed by atoms with Crippen LogP contribution in [0.25, 0.3) is 0 Å². The van der Waals surface area contributed by atoms with Gasteiger partial charge in [0.05, 0.1) is 6.67 Å². The van der Waals surface area contributed by atoms with Gasteiger partial charge in [0.1, 0.15) is 0 Å². The van der Waals surface area contributed by atoms with Gasteiger partial charge in [0.2, 0.25) is 0 Å². The Balaban J connectivity index is 2.42. The highest BCUT2D eigenvalue weighted by Crippen LogP contribution is 2.08. The van der Waals surface area contributed by atoms with Crippen LogP contribution in [0.1, 0.15) is 24.0 Å². The van der Waals surface area contributed by atoms with Crippen LogP contribution in [0.3, 0.4) is 0 Å². The van der Waals surface area contributed by atoms with Gasteiger partial charge in [0, 0.05) is 6.61 Å². The van der Waals surface area contributed by atoms with E-state index in [0.717, 1.165) is 19.3 Å². The fourth-order valence-corrected chi connectivity index (χ4v) is 1.43. The molecule has 2 heteroatoms. The summed E-state index contributed by atoms with van der Waals surface area (Å²) in [7, 11) is 0. The number of hydrogen-bond acceptors (Lipinski definition) is 1. The molecule has 0 amide bonds. The van der Waals surface area contributed by atoms with Crippen molar-refractivity contribution in [3.05, 3.63) is 35.4 Å². The minimum absolute atomic E-state index is 0.240. The number of rotatable bonds is 6. The van der Waals surface area contributed by atoms with Gasteiger partial charge in [-0.2, -0.15) is 0 Å². The maximum Gasteiger partial charge on any atom is 0.0897 e. The van der Waals surface area contributed by atoms with Crippen molar-refractivity contribution >= 4 is 0 Å². The number of hydrogen-bond donors (Lipinski definition) is 1. The Morgan fingerprint density at radius 2 is 1.43 bits per heavy atom. The lowest BCUT2D eigenvalue weighted by atomic mass is 10.1. The first kappa shape index (κ1) is 11.2. The van der Waals surface area contributed by atoms with E-state index in [0.29, 0.717) is 6.42 Å². The Bertz CT molecular complexity index is 216. The van der Waals surface area contributed by atoms with Gasteiger partial charge in [-0.15, -0.1) is 0 Å². The topological polar surface area (TPSA) is 20.2 Å². The van der Waals surface area contributed by atoms with Crippen molar-refractivity contribution < 1.29 is 9.50 Å². The van der Waals surface area contributed by atoms with E-state index in [1.165, 1.54) is 11.1 Å². The molecule has 0 bridgehead atoms. The van der Waals surface area contributed by atoms with E-state index >= 15 is 0 Å². The third-order valence-corrected chi connectivity index (χ3v) is 2.25. The molecule has 78 valence electrons. The van der Waals surface area contributed by atoms with Gasteiger partial charge in [0.15, 0.2) is 0 Å². The van der Waals surface area contributed by atoms with Crippen molar-refractivity contribution in [3.8, 4) is 0 Å². The molecule has 1 rings (SSSR count). The molecule has 0 aliphatic carbocycles. The van der Waals surface area contributed by atoms with Crippen molar-refractivity contribution in [1.29, 1.82) is 0 Å². The summed E-state index contributed by atoms with van der Waals surface area (Å²) in [6.07, 6.45) is 3.15. The number of halogens is 1. The summed E-state index contributed by atoms with van der Waals surface area (Å²) in [6.45, 7) is -0.00410. The van der Waals surface area contributed by atoms with Gasteiger partial charge in [0.25, 0.3) is 0 Å². The van der Waals surface area contributed by atoms with Crippen LogP contribution in [0.4, 0.5) is 4.39 Å². The second-order valence-corrected chi connectivity index (χ2v) is 3.44. The van der Waals surface area contributed by atoms with Crippen LogP contribution in [0.5, 0.6) is 0 Å². The van der Waals surface area contributed by atoms with Crippen LogP contribution in [-0.4, -0.2) is 18.4 Å². The van der Waals surface area contributed by atoms with Crippen molar-refractivity contribution in [2.24, 2.45) is 0 Å². The lowest BCUT2D eigenvalue weighted by Gasteiger charge is -2.02. The Labute approximate surface area is 84.6 Å². The monoisotopic (exact) mass is 196 g/mol. The number of aryl methyl sites for hydroxylation is 2. The Hall–Kier alpha value is -0.890. The van der Waals surface area contributed by atoms with E-state index in [1.807, 2.05) is 12.1 Å². The molecular weight excluding hydrogens is 179 g/mol. The maximum atomic E-state index is 11.9. The fourth-order valence-electron chi connectivity index (χ4n) is 1.43. The molecule has 14 heavy (non-hydrogen) atoms. The molecule has 0 aliphatic heterocycles. The predicted octanol–water partition coefficient (Wildman–Crippen LogP) is 2.51. The second kappa shape index (κ2) is 6.55. The summed E-state index contributed by atoms with van der Waals surface area (Å²) >= 11 is 0. The molecule has 0 saturated carbocycles. The van der Waals surface area contributed by atoms with Crippen LogP contribution in [0, 0.1) is 0 Å². The van der Waals surface area contributed by atoms with Crippen molar-refractivity contribution in [2.45, 2.75) is 25.7 Å². The van der Waals surface area contributed by atoms with Crippen LogP contribution >= 0.6 is 0 Å². The van der Waals surface area contributed by atoms with Gasteiger partial charge in [-0.1, -0.05) is 24.3 Å². The first-order valence-electron chi connectivity index (χ1n) is 5.11. The summed E-state index contributed by atoms with van der Waals surface area (Å²) in [5, 5.41) is 8.66. The van der Waals surface area contributed by atoms with E-state index in [-0.39, 0.29) is 13.3 Å². The molecular formula is C12H17FO. The molecule has 1 N–H and O–H groups in total. The molecule has 0 saturated heterocycles. The number of aliphatic hydroxyl groups excluding tert-OH is 1. The standard InChI is InChI=1S/C12H17FO/c13-9-1-3-11-5-7-12(8-6-11)4-2-10-14/h5-8,14H,1-4,9-10H2. The minimum atomic E-state index is -0.244. The molecule has 0 heterocycles. The lowest BCUT2D eigenvalue weighted by molar-refractivity contribution is 0.288. The average molecular weight is 196 g/mol. The SMILES string of the molecule is OCCCc1ccc(CCCF)cc1. The van der Waals surface area contributed by atoms with Crippen molar-refractivity contribution in [1.82, 2.24) is 0 Å². The largest absolute Gasteiger partial charge is 0.396 e. The highest BCUT2D eigenvalue weighted by Gasteiger charge is 1.95. The van der Waals surface area contributed by atoms with E-state index in [1.54, 1.807) is 0 Å². The summed E-state index contributed by atoms with van der Waals surface area (Å²) in [6, 6.07) is 8.21. The van der Waals surface area contributed by atoms with E-state index < -0.39 is 0 Å². The van der Waals surface area contributed by atoms with Crippen LogP contribution < -0.4 is 0 Å². The summed E-state index contributed by atoms with van der Waals surface area (Å²) < 4.78 is 11.9. The third-order valence-electron chi connectivity index (χ3n) is 2.25. The lowest BCUT2D eigenvalue weighted by Crippen LogP contribution is -1.91. The van der Waals surface area contributed by atoms with E-state index in [2.05, 4.69) is 12.1 Å². The summed E-state index contributed by atoms with van der Waals surface area (Å²) in [5.41, 5.74) is 2.43. The number of benzene rings is 1. The smallest absolute Gasteiger partial charge is 0.0897 e. The number of alkyl halides is 1. The van der Waals surface area contributed by atoms with Crippen LogP contribution in [0.2, 0.25) is 0 Å². The molecule has 0 unspecified atom stereocenters. The quantitative estimate of drug-likeness (QED) is 0.741. The molecule has 0 fully saturated rings. The van der Waals surface area contributed by atoms with Crippen molar-refractivity contribution in [2.75, 3.05) is 13.3 Å². The van der Waals surface area contributed by atoms with Crippen LogP contribution in [-0.2, 0) is 12.8 Å². The predicted molar refractivity (Wildman–Crippen MR) is 56.1 cm³/mol. The highest BCUT2D eigenvalue weighted by molar-refractivity contribution is 5.22. The Morgan fingerprint density at radius 1 is 0.929 bits per heavy atom. The van der Waals surface area contributed by atoms with Gasteiger partial charge >= 0.3 is 0 Å². The maximum absolute atomic E-state index is 11.9. The van der Waals surface area contributed by atoms with Crippen LogP contribution in [0.15, 0.2) is 24.3 Å².